The molecule has 21 heavy (non-hydrogen) atoms. The van der Waals surface area contributed by atoms with Crippen LogP contribution in [0.2, 0.25) is 10.0 Å². The van der Waals surface area contributed by atoms with E-state index in [4.69, 9.17) is 28.3 Å². The zero-order valence-electron chi connectivity index (χ0n) is 10.9. The number of rotatable bonds is 4. The highest BCUT2D eigenvalue weighted by atomic mass is 35.5. The summed E-state index contributed by atoms with van der Waals surface area (Å²) in [7, 11) is 0. The lowest BCUT2D eigenvalue weighted by molar-refractivity contribution is 0.0698. The predicted octanol–water partition coefficient (Wildman–Crippen LogP) is 4.57. The van der Waals surface area contributed by atoms with Crippen molar-refractivity contribution in [3.63, 3.8) is 0 Å². The fraction of sp³-hybridized carbons (Fsp3) is 0.143. The molecule has 0 bridgehead atoms. The molecule has 0 unspecified atom stereocenters. The summed E-state index contributed by atoms with van der Waals surface area (Å²) in [6, 6.07) is 6.02. The summed E-state index contributed by atoms with van der Waals surface area (Å²) in [6.07, 6.45) is 0.698. The van der Waals surface area contributed by atoms with Crippen LogP contribution in [0.5, 0.6) is 0 Å². The molecule has 0 aliphatic heterocycles. The molecule has 0 aliphatic carbocycles. The SMILES string of the molecule is CCc1cc(C(=O)O)c(NC(=O)c2cc(Cl)cc(Cl)c2)s1. The van der Waals surface area contributed by atoms with Crippen molar-refractivity contribution in [2.45, 2.75) is 13.3 Å². The molecule has 0 aliphatic rings. The van der Waals surface area contributed by atoms with E-state index < -0.39 is 11.9 Å². The van der Waals surface area contributed by atoms with E-state index in [1.165, 1.54) is 29.5 Å². The highest BCUT2D eigenvalue weighted by Gasteiger charge is 2.18. The second kappa shape index (κ2) is 6.47. The molecule has 2 rings (SSSR count). The standard InChI is InChI=1S/C14H11Cl2NO3S/c1-2-10-6-11(14(19)20)13(21-10)17-12(18)7-3-8(15)5-9(16)4-7/h3-6H,2H2,1H3,(H,17,18)(H,19,20). The van der Waals surface area contributed by atoms with Crippen LogP contribution in [0.1, 0.15) is 32.5 Å². The van der Waals surface area contributed by atoms with E-state index >= 15 is 0 Å². The van der Waals surface area contributed by atoms with Crippen molar-refractivity contribution in [1.29, 1.82) is 0 Å². The number of thiophene rings is 1. The Morgan fingerprint density at radius 2 is 1.81 bits per heavy atom. The van der Waals surface area contributed by atoms with Crippen molar-refractivity contribution >= 4 is 51.4 Å². The van der Waals surface area contributed by atoms with Gasteiger partial charge in [-0.1, -0.05) is 30.1 Å². The Labute approximate surface area is 135 Å². The molecule has 1 amide bonds. The van der Waals surface area contributed by atoms with Gasteiger partial charge in [-0.15, -0.1) is 11.3 Å². The molecular weight excluding hydrogens is 333 g/mol. The molecule has 0 saturated heterocycles. The quantitative estimate of drug-likeness (QED) is 0.854. The summed E-state index contributed by atoms with van der Waals surface area (Å²) >= 11 is 12.9. The van der Waals surface area contributed by atoms with Gasteiger partial charge in [-0.25, -0.2) is 4.79 Å². The highest BCUT2D eigenvalue weighted by molar-refractivity contribution is 7.16. The smallest absolute Gasteiger partial charge is 0.338 e. The lowest BCUT2D eigenvalue weighted by Crippen LogP contribution is -2.13. The van der Waals surface area contributed by atoms with Crippen LogP contribution in [-0.2, 0) is 6.42 Å². The molecule has 2 N–H and O–H groups in total. The van der Waals surface area contributed by atoms with Crippen LogP contribution in [0.3, 0.4) is 0 Å². The van der Waals surface area contributed by atoms with Gasteiger partial charge in [0, 0.05) is 20.5 Å². The fourth-order valence-electron chi connectivity index (χ4n) is 1.73. The largest absolute Gasteiger partial charge is 0.478 e. The molecule has 7 heteroatoms. The first-order chi connectivity index (χ1) is 9.90. The van der Waals surface area contributed by atoms with Crippen LogP contribution >= 0.6 is 34.5 Å². The van der Waals surface area contributed by atoms with Gasteiger partial charge in [0.1, 0.15) is 5.00 Å². The molecule has 1 aromatic heterocycles. The molecule has 0 spiro atoms. The number of hydrogen-bond acceptors (Lipinski definition) is 3. The average molecular weight is 344 g/mol. The third-order valence-electron chi connectivity index (χ3n) is 2.71. The Hall–Kier alpha value is -1.56. The van der Waals surface area contributed by atoms with E-state index in [1.54, 1.807) is 6.07 Å². The summed E-state index contributed by atoms with van der Waals surface area (Å²) in [5.74, 6) is -1.53. The zero-order chi connectivity index (χ0) is 15.6. The minimum atomic E-state index is -1.08. The van der Waals surface area contributed by atoms with Crippen LogP contribution in [0.4, 0.5) is 5.00 Å². The van der Waals surface area contributed by atoms with Crippen LogP contribution in [0.25, 0.3) is 0 Å². The average Bonchev–Trinajstić information content (AvgIpc) is 2.80. The molecule has 1 aromatic carbocycles. The van der Waals surface area contributed by atoms with Crippen LogP contribution in [0.15, 0.2) is 24.3 Å². The molecule has 0 saturated carbocycles. The highest BCUT2D eigenvalue weighted by Crippen LogP contribution is 2.29. The van der Waals surface area contributed by atoms with Crippen molar-refractivity contribution in [2.24, 2.45) is 0 Å². The molecule has 1 heterocycles. The minimum Gasteiger partial charge on any atom is -0.478 e. The third kappa shape index (κ3) is 3.75. The number of aryl methyl sites for hydroxylation is 1. The lowest BCUT2D eigenvalue weighted by Gasteiger charge is -2.05. The fourth-order valence-corrected chi connectivity index (χ4v) is 3.24. The van der Waals surface area contributed by atoms with Gasteiger partial charge in [-0.2, -0.15) is 0 Å². The number of nitrogens with one attached hydrogen (secondary N) is 1. The van der Waals surface area contributed by atoms with E-state index in [0.717, 1.165) is 4.88 Å². The van der Waals surface area contributed by atoms with Crippen molar-refractivity contribution in [3.05, 3.63) is 50.3 Å². The van der Waals surface area contributed by atoms with Crippen LogP contribution < -0.4 is 5.32 Å². The van der Waals surface area contributed by atoms with E-state index in [-0.39, 0.29) is 11.1 Å². The maximum atomic E-state index is 12.2. The number of amides is 1. The topological polar surface area (TPSA) is 66.4 Å². The lowest BCUT2D eigenvalue weighted by atomic mass is 10.2. The molecule has 4 nitrogen and oxygen atoms in total. The number of hydrogen-bond donors (Lipinski definition) is 2. The Bertz CT molecular complexity index is 692. The number of halogens is 2. The second-order valence-electron chi connectivity index (χ2n) is 4.23. The Morgan fingerprint density at radius 1 is 1.19 bits per heavy atom. The monoisotopic (exact) mass is 343 g/mol. The number of carboxylic acid groups (broad SMARTS) is 1. The van der Waals surface area contributed by atoms with E-state index in [2.05, 4.69) is 5.32 Å². The van der Waals surface area contributed by atoms with E-state index in [0.29, 0.717) is 21.5 Å². The first-order valence-corrected chi connectivity index (χ1v) is 7.61. The zero-order valence-corrected chi connectivity index (χ0v) is 13.3. The number of carbonyl (C=O) groups is 2. The van der Waals surface area contributed by atoms with Gasteiger partial charge in [0.25, 0.3) is 5.91 Å². The van der Waals surface area contributed by atoms with Crippen molar-refractivity contribution in [3.8, 4) is 0 Å². The normalized spacial score (nSPS) is 10.4. The maximum Gasteiger partial charge on any atom is 0.338 e. The van der Waals surface area contributed by atoms with Crippen LogP contribution in [-0.4, -0.2) is 17.0 Å². The van der Waals surface area contributed by atoms with E-state index in [9.17, 15) is 9.59 Å². The summed E-state index contributed by atoms with van der Waals surface area (Å²) < 4.78 is 0. The summed E-state index contributed by atoms with van der Waals surface area (Å²) in [5, 5.41) is 12.7. The summed E-state index contributed by atoms with van der Waals surface area (Å²) in [6.45, 7) is 1.92. The molecule has 0 atom stereocenters. The third-order valence-corrected chi connectivity index (χ3v) is 4.35. The number of benzene rings is 1. The summed E-state index contributed by atoms with van der Waals surface area (Å²) in [5.41, 5.74) is 0.355. The molecule has 2 aromatic rings. The Morgan fingerprint density at radius 3 is 2.33 bits per heavy atom. The number of carboxylic acids is 1. The van der Waals surface area contributed by atoms with Gasteiger partial charge in [0.15, 0.2) is 0 Å². The van der Waals surface area contributed by atoms with Gasteiger partial charge >= 0.3 is 5.97 Å². The molecular formula is C14H11Cl2NO3S. The van der Waals surface area contributed by atoms with Crippen molar-refractivity contribution in [1.82, 2.24) is 0 Å². The predicted molar refractivity (Wildman–Crippen MR) is 85.1 cm³/mol. The number of carbonyl (C=O) groups excluding carboxylic acids is 1. The first kappa shape index (κ1) is 15.8. The van der Waals surface area contributed by atoms with E-state index in [1.807, 2.05) is 6.92 Å². The van der Waals surface area contributed by atoms with Crippen molar-refractivity contribution in [2.75, 3.05) is 5.32 Å². The molecule has 0 fully saturated rings. The van der Waals surface area contributed by atoms with Crippen LogP contribution in [0, 0.1) is 0 Å². The number of anilines is 1. The number of aromatic carboxylic acids is 1. The van der Waals surface area contributed by atoms with Gasteiger partial charge < -0.3 is 10.4 Å². The van der Waals surface area contributed by atoms with Gasteiger partial charge in [0.2, 0.25) is 0 Å². The first-order valence-electron chi connectivity index (χ1n) is 6.04. The second-order valence-corrected chi connectivity index (χ2v) is 6.24. The molecule has 110 valence electrons. The minimum absolute atomic E-state index is 0.0818. The maximum absolute atomic E-state index is 12.2. The van der Waals surface area contributed by atoms with Gasteiger partial charge in [-0.05, 0) is 30.7 Å². The van der Waals surface area contributed by atoms with Gasteiger partial charge in [0.05, 0.1) is 5.56 Å². The summed E-state index contributed by atoms with van der Waals surface area (Å²) in [4.78, 5) is 24.2. The Kier molecular flexibility index (Phi) is 4.88. The molecule has 0 radical (unpaired) electrons. The Balaban J connectivity index is 2.30. The van der Waals surface area contributed by atoms with Crippen molar-refractivity contribution < 1.29 is 14.7 Å². The van der Waals surface area contributed by atoms with Gasteiger partial charge in [-0.3, -0.25) is 4.79 Å².